The third-order valence-corrected chi connectivity index (χ3v) is 6.96. The molecule has 0 unspecified atom stereocenters. The SMILES string of the molecule is CCNCC1CCN(S(=O)(=O)c2ccc(C(=O)N(CC)CC)cc2)CC1.Cl. The molecule has 0 bridgehead atoms. The molecule has 1 aliphatic heterocycles. The van der Waals surface area contributed by atoms with E-state index in [0.717, 1.165) is 25.9 Å². The lowest BCUT2D eigenvalue weighted by atomic mass is 9.98. The van der Waals surface area contributed by atoms with E-state index in [4.69, 9.17) is 0 Å². The van der Waals surface area contributed by atoms with Crippen molar-refractivity contribution in [3.05, 3.63) is 29.8 Å². The van der Waals surface area contributed by atoms with Gasteiger partial charge in [0.15, 0.2) is 0 Å². The molecule has 1 aliphatic rings. The van der Waals surface area contributed by atoms with Crippen molar-refractivity contribution in [2.24, 2.45) is 5.92 Å². The van der Waals surface area contributed by atoms with Crippen LogP contribution < -0.4 is 5.32 Å². The predicted octanol–water partition coefficient (Wildman–Crippen LogP) is 2.60. The zero-order chi connectivity index (χ0) is 19.2. The molecule has 1 fully saturated rings. The Hall–Kier alpha value is -1.15. The van der Waals surface area contributed by atoms with Crippen LogP contribution in [0.5, 0.6) is 0 Å². The highest BCUT2D eigenvalue weighted by atomic mass is 35.5. The molecule has 0 spiro atoms. The highest BCUT2D eigenvalue weighted by Crippen LogP contribution is 2.24. The summed E-state index contributed by atoms with van der Waals surface area (Å²) >= 11 is 0. The monoisotopic (exact) mass is 417 g/mol. The highest BCUT2D eigenvalue weighted by molar-refractivity contribution is 7.89. The summed E-state index contributed by atoms with van der Waals surface area (Å²) < 4.78 is 27.3. The van der Waals surface area contributed by atoms with E-state index in [-0.39, 0.29) is 23.2 Å². The van der Waals surface area contributed by atoms with Crippen molar-refractivity contribution in [3.8, 4) is 0 Å². The molecule has 0 aliphatic carbocycles. The number of hydrogen-bond donors (Lipinski definition) is 1. The van der Waals surface area contributed by atoms with E-state index < -0.39 is 10.0 Å². The third-order valence-electron chi connectivity index (χ3n) is 5.05. The van der Waals surface area contributed by atoms with Crippen LogP contribution in [0, 0.1) is 5.92 Å². The Bertz CT molecular complexity index is 683. The van der Waals surface area contributed by atoms with Crippen molar-refractivity contribution in [1.82, 2.24) is 14.5 Å². The number of nitrogens with one attached hydrogen (secondary N) is 1. The molecule has 27 heavy (non-hydrogen) atoms. The van der Waals surface area contributed by atoms with Crippen LogP contribution in [0.3, 0.4) is 0 Å². The number of amides is 1. The van der Waals surface area contributed by atoms with Gasteiger partial charge in [-0.3, -0.25) is 4.79 Å². The van der Waals surface area contributed by atoms with Gasteiger partial charge in [-0.15, -0.1) is 12.4 Å². The maximum atomic E-state index is 12.9. The molecule has 0 radical (unpaired) electrons. The number of benzene rings is 1. The van der Waals surface area contributed by atoms with Gasteiger partial charge in [-0.2, -0.15) is 4.31 Å². The van der Waals surface area contributed by atoms with E-state index in [9.17, 15) is 13.2 Å². The average molecular weight is 418 g/mol. The van der Waals surface area contributed by atoms with Crippen LogP contribution >= 0.6 is 12.4 Å². The molecule has 0 aromatic heterocycles. The number of piperidine rings is 1. The maximum absolute atomic E-state index is 12.9. The van der Waals surface area contributed by atoms with Crippen molar-refractivity contribution in [3.63, 3.8) is 0 Å². The van der Waals surface area contributed by atoms with Crippen LogP contribution in [0.2, 0.25) is 0 Å². The van der Waals surface area contributed by atoms with E-state index in [1.54, 1.807) is 33.5 Å². The van der Waals surface area contributed by atoms with Gasteiger partial charge in [0, 0.05) is 31.7 Å². The van der Waals surface area contributed by atoms with E-state index in [2.05, 4.69) is 12.2 Å². The number of carbonyl (C=O) groups is 1. The Kier molecular flexibility index (Phi) is 9.73. The van der Waals surface area contributed by atoms with Crippen molar-refractivity contribution < 1.29 is 13.2 Å². The lowest BCUT2D eigenvalue weighted by molar-refractivity contribution is 0.0773. The Balaban J connectivity index is 0.00000364. The fourth-order valence-electron chi connectivity index (χ4n) is 3.31. The van der Waals surface area contributed by atoms with E-state index in [0.29, 0.717) is 37.7 Å². The first-order chi connectivity index (χ1) is 12.4. The van der Waals surface area contributed by atoms with Crippen molar-refractivity contribution >= 4 is 28.3 Å². The first-order valence-corrected chi connectivity index (χ1v) is 11.0. The molecule has 6 nitrogen and oxygen atoms in total. The van der Waals surface area contributed by atoms with Crippen LogP contribution in [0.1, 0.15) is 44.0 Å². The standard InChI is InChI=1S/C19H31N3O3S.ClH/c1-4-20-15-16-11-13-22(14-12-16)26(24,25)18-9-7-17(8-10-18)19(23)21(5-2)6-3;/h7-10,16,20H,4-6,11-15H2,1-3H3;1H. The Morgan fingerprint density at radius 3 is 2.15 bits per heavy atom. The summed E-state index contributed by atoms with van der Waals surface area (Å²) in [5.74, 6) is 0.471. The summed E-state index contributed by atoms with van der Waals surface area (Å²) in [6.07, 6.45) is 1.76. The Morgan fingerprint density at radius 2 is 1.67 bits per heavy atom. The van der Waals surface area contributed by atoms with Crippen molar-refractivity contribution in [1.29, 1.82) is 0 Å². The van der Waals surface area contributed by atoms with Gasteiger partial charge in [-0.1, -0.05) is 6.92 Å². The fourth-order valence-corrected chi connectivity index (χ4v) is 4.78. The molecule has 0 atom stereocenters. The number of rotatable bonds is 8. The lowest BCUT2D eigenvalue weighted by Crippen LogP contribution is -2.40. The number of carbonyl (C=O) groups excluding carboxylic acids is 1. The topological polar surface area (TPSA) is 69.7 Å². The highest BCUT2D eigenvalue weighted by Gasteiger charge is 2.29. The molecule has 1 N–H and O–H groups in total. The van der Waals surface area contributed by atoms with Gasteiger partial charge in [0.2, 0.25) is 10.0 Å². The summed E-state index contributed by atoms with van der Waals surface area (Å²) in [6, 6.07) is 6.34. The summed E-state index contributed by atoms with van der Waals surface area (Å²) in [6.45, 7) is 10.2. The quantitative estimate of drug-likeness (QED) is 0.705. The minimum Gasteiger partial charge on any atom is -0.339 e. The third kappa shape index (κ3) is 5.91. The number of hydrogen-bond acceptors (Lipinski definition) is 4. The van der Waals surface area contributed by atoms with E-state index in [1.165, 1.54) is 0 Å². The number of halogens is 1. The lowest BCUT2D eigenvalue weighted by Gasteiger charge is -2.31. The van der Waals surface area contributed by atoms with Crippen LogP contribution in [-0.4, -0.2) is 62.8 Å². The normalized spacial score (nSPS) is 16.0. The van der Waals surface area contributed by atoms with Gasteiger partial charge in [0.05, 0.1) is 4.90 Å². The Morgan fingerprint density at radius 1 is 1.11 bits per heavy atom. The van der Waals surface area contributed by atoms with Crippen LogP contribution in [0.4, 0.5) is 0 Å². The van der Waals surface area contributed by atoms with Crippen LogP contribution in [-0.2, 0) is 10.0 Å². The van der Waals surface area contributed by atoms with Crippen molar-refractivity contribution in [2.45, 2.75) is 38.5 Å². The molecule has 1 saturated heterocycles. The second-order valence-electron chi connectivity index (χ2n) is 6.66. The first-order valence-electron chi connectivity index (χ1n) is 9.54. The van der Waals surface area contributed by atoms with Gasteiger partial charge < -0.3 is 10.2 Å². The molecular weight excluding hydrogens is 386 g/mol. The molecule has 1 aromatic rings. The minimum atomic E-state index is -3.49. The fraction of sp³-hybridized carbons (Fsp3) is 0.632. The zero-order valence-electron chi connectivity index (χ0n) is 16.5. The van der Waals surface area contributed by atoms with Crippen LogP contribution in [0.25, 0.3) is 0 Å². The summed E-state index contributed by atoms with van der Waals surface area (Å²) in [4.78, 5) is 14.3. The van der Waals surface area contributed by atoms with Crippen LogP contribution in [0.15, 0.2) is 29.2 Å². The molecule has 1 aromatic carbocycles. The minimum absolute atomic E-state index is 0. The molecular formula is C19H32ClN3O3S. The second kappa shape index (κ2) is 11.0. The number of sulfonamides is 1. The molecule has 2 rings (SSSR count). The summed E-state index contributed by atoms with van der Waals surface area (Å²) in [5, 5.41) is 3.33. The largest absolute Gasteiger partial charge is 0.339 e. The first kappa shape index (κ1) is 23.9. The van der Waals surface area contributed by atoms with Gasteiger partial charge in [-0.05, 0) is 70.0 Å². The van der Waals surface area contributed by atoms with Crippen molar-refractivity contribution in [2.75, 3.05) is 39.3 Å². The zero-order valence-corrected chi connectivity index (χ0v) is 18.1. The smallest absolute Gasteiger partial charge is 0.253 e. The van der Waals surface area contributed by atoms with E-state index in [1.807, 2.05) is 13.8 Å². The van der Waals surface area contributed by atoms with E-state index >= 15 is 0 Å². The summed E-state index contributed by atoms with van der Waals surface area (Å²) in [5.41, 5.74) is 0.525. The van der Waals surface area contributed by atoms with Gasteiger partial charge in [0.25, 0.3) is 5.91 Å². The maximum Gasteiger partial charge on any atom is 0.253 e. The summed E-state index contributed by atoms with van der Waals surface area (Å²) in [7, 11) is -3.49. The van der Waals surface area contributed by atoms with Gasteiger partial charge in [0.1, 0.15) is 0 Å². The predicted molar refractivity (Wildman–Crippen MR) is 111 cm³/mol. The molecule has 8 heteroatoms. The molecule has 0 saturated carbocycles. The van der Waals surface area contributed by atoms with Gasteiger partial charge in [-0.25, -0.2) is 8.42 Å². The number of nitrogens with zero attached hydrogens (tertiary/aromatic N) is 2. The average Bonchev–Trinajstić information content (AvgIpc) is 2.67. The van der Waals surface area contributed by atoms with Gasteiger partial charge >= 0.3 is 0 Å². The Labute approximate surface area is 169 Å². The molecule has 1 heterocycles. The molecule has 154 valence electrons. The molecule has 1 amide bonds. The second-order valence-corrected chi connectivity index (χ2v) is 8.59.